The molecule has 71 heavy (non-hydrogen) atoms. The Labute approximate surface area is 437 Å². The van der Waals surface area contributed by atoms with Crippen LogP contribution in [0.1, 0.15) is 252 Å². The van der Waals surface area contributed by atoms with E-state index in [0.29, 0.717) is 12.8 Å². The van der Waals surface area contributed by atoms with Gasteiger partial charge in [0.2, 0.25) is 0 Å². The van der Waals surface area contributed by atoms with Gasteiger partial charge in [-0.1, -0.05) is 239 Å². The molecule has 6 nitrogen and oxygen atoms in total. The lowest BCUT2D eigenvalue weighted by Crippen LogP contribution is -2.30. The summed E-state index contributed by atoms with van der Waals surface area (Å²) in [6.07, 6.45) is 80.7. The highest BCUT2D eigenvalue weighted by atomic mass is 16.6. The van der Waals surface area contributed by atoms with E-state index >= 15 is 0 Å². The van der Waals surface area contributed by atoms with Gasteiger partial charge in [-0.05, 0) is 116 Å². The van der Waals surface area contributed by atoms with Crippen LogP contribution in [0.2, 0.25) is 0 Å². The highest BCUT2D eigenvalue weighted by Gasteiger charge is 2.19. The number of unbranched alkanes of at least 4 members (excludes halogenated alkanes) is 20. The van der Waals surface area contributed by atoms with E-state index in [9.17, 15) is 14.4 Å². The third-order valence-electron chi connectivity index (χ3n) is 11.9. The smallest absolute Gasteiger partial charge is 0.306 e. The van der Waals surface area contributed by atoms with Gasteiger partial charge in [0.15, 0.2) is 6.10 Å². The molecular formula is C65H106O6. The minimum absolute atomic E-state index is 0.112. The summed E-state index contributed by atoms with van der Waals surface area (Å²) in [5, 5.41) is 0. The number of esters is 3. The summed E-state index contributed by atoms with van der Waals surface area (Å²) in [5.74, 6) is -1.02. The molecule has 0 N–H and O–H groups in total. The van der Waals surface area contributed by atoms with Crippen LogP contribution in [-0.4, -0.2) is 37.2 Å². The van der Waals surface area contributed by atoms with Gasteiger partial charge in [-0.25, -0.2) is 0 Å². The zero-order valence-electron chi connectivity index (χ0n) is 45.9. The van der Waals surface area contributed by atoms with E-state index in [1.54, 1.807) is 0 Å². The fraction of sp³-hybridized carbons (Fsp3) is 0.646. The molecule has 0 saturated heterocycles. The molecule has 0 heterocycles. The van der Waals surface area contributed by atoms with E-state index in [4.69, 9.17) is 14.2 Å². The van der Waals surface area contributed by atoms with Crippen molar-refractivity contribution in [2.75, 3.05) is 13.2 Å². The van der Waals surface area contributed by atoms with Gasteiger partial charge < -0.3 is 14.2 Å². The Morgan fingerprint density at radius 2 is 0.577 bits per heavy atom. The van der Waals surface area contributed by atoms with Crippen molar-refractivity contribution in [2.45, 2.75) is 258 Å². The lowest BCUT2D eigenvalue weighted by atomic mass is 10.1. The van der Waals surface area contributed by atoms with Crippen molar-refractivity contribution in [1.29, 1.82) is 0 Å². The second kappa shape index (κ2) is 58.4. The first-order chi connectivity index (χ1) is 35.0. The van der Waals surface area contributed by atoms with Gasteiger partial charge in [0.05, 0.1) is 0 Å². The molecule has 0 spiro atoms. The summed E-state index contributed by atoms with van der Waals surface area (Å²) in [7, 11) is 0. The zero-order chi connectivity index (χ0) is 51.4. The van der Waals surface area contributed by atoms with Crippen molar-refractivity contribution in [1.82, 2.24) is 0 Å². The molecule has 0 amide bonds. The Morgan fingerprint density at radius 3 is 0.944 bits per heavy atom. The van der Waals surface area contributed by atoms with Crippen molar-refractivity contribution >= 4 is 17.9 Å². The number of allylic oxidation sites excluding steroid dienone is 20. The van der Waals surface area contributed by atoms with Gasteiger partial charge in [-0.15, -0.1) is 0 Å². The summed E-state index contributed by atoms with van der Waals surface area (Å²) >= 11 is 0. The SMILES string of the molecule is CC/C=C\C/C=C\C/C=C\C/C=C\CCC(=O)OCC(COC(=O)CCCCCCCCCCCC/C=C\C/C=C\C/C=C\CCCCCCC)OC(=O)CCCCCCC/C=C\C/C=C\C/C=C\CC. The maximum atomic E-state index is 12.8. The quantitative estimate of drug-likeness (QED) is 0.0261. The van der Waals surface area contributed by atoms with Crippen molar-refractivity contribution in [3.63, 3.8) is 0 Å². The molecule has 0 fully saturated rings. The second-order valence-corrected chi connectivity index (χ2v) is 18.8. The molecule has 0 aliphatic heterocycles. The monoisotopic (exact) mass is 983 g/mol. The summed E-state index contributed by atoms with van der Waals surface area (Å²) in [4.78, 5) is 38.1. The van der Waals surface area contributed by atoms with Crippen LogP contribution in [0.25, 0.3) is 0 Å². The number of carbonyl (C=O) groups is 3. The number of hydrogen-bond donors (Lipinski definition) is 0. The molecule has 6 heteroatoms. The average Bonchev–Trinajstić information content (AvgIpc) is 3.37. The molecule has 0 rings (SSSR count). The highest BCUT2D eigenvalue weighted by molar-refractivity contribution is 5.71. The van der Waals surface area contributed by atoms with Crippen molar-refractivity contribution in [2.24, 2.45) is 0 Å². The van der Waals surface area contributed by atoms with Gasteiger partial charge in [-0.2, -0.15) is 0 Å². The third-order valence-corrected chi connectivity index (χ3v) is 11.9. The van der Waals surface area contributed by atoms with Crippen LogP contribution in [0.4, 0.5) is 0 Å². The van der Waals surface area contributed by atoms with E-state index < -0.39 is 6.10 Å². The predicted molar refractivity (Wildman–Crippen MR) is 306 cm³/mol. The third kappa shape index (κ3) is 56.6. The van der Waals surface area contributed by atoms with Crippen LogP contribution in [0.15, 0.2) is 122 Å². The lowest BCUT2D eigenvalue weighted by molar-refractivity contribution is -0.166. The molecule has 1 atom stereocenters. The molecule has 0 aromatic rings. The molecule has 402 valence electrons. The van der Waals surface area contributed by atoms with E-state index in [2.05, 4.69) is 130 Å². The fourth-order valence-electron chi connectivity index (χ4n) is 7.65. The first kappa shape index (κ1) is 66.8. The molecular weight excluding hydrogens is 877 g/mol. The zero-order valence-corrected chi connectivity index (χ0v) is 45.9. The Kier molecular flexibility index (Phi) is 54.9. The molecule has 0 aliphatic rings. The summed E-state index contributed by atoms with van der Waals surface area (Å²) < 4.78 is 16.8. The van der Waals surface area contributed by atoms with Crippen molar-refractivity contribution in [3.8, 4) is 0 Å². The van der Waals surface area contributed by atoms with Gasteiger partial charge in [0, 0.05) is 19.3 Å². The predicted octanol–water partition coefficient (Wildman–Crippen LogP) is 19.6. The van der Waals surface area contributed by atoms with Gasteiger partial charge in [0.1, 0.15) is 13.2 Å². The Bertz CT molecular complexity index is 1500. The maximum absolute atomic E-state index is 12.8. The molecule has 0 aliphatic carbocycles. The molecule has 0 bridgehead atoms. The van der Waals surface area contributed by atoms with Gasteiger partial charge in [-0.3, -0.25) is 14.4 Å². The Hall–Kier alpha value is -4.19. The van der Waals surface area contributed by atoms with Crippen LogP contribution >= 0.6 is 0 Å². The second-order valence-electron chi connectivity index (χ2n) is 18.8. The average molecular weight is 984 g/mol. The maximum Gasteiger partial charge on any atom is 0.306 e. The molecule has 0 saturated carbocycles. The topological polar surface area (TPSA) is 78.9 Å². The van der Waals surface area contributed by atoms with Crippen molar-refractivity contribution < 1.29 is 28.6 Å². The largest absolute Gasteiger partial charge is 0.462 e. The van der Waals surface area contributed by atoms with E-state index in [0.717, 1.165) is 116 Å². The number of rotatable bonds is 51. The molecule has 0 aromatic carbocycles. The number of ether oxygens (including phenoxy) is 3. The van der Waals surface area contributed by atoms with Crippen LogP contribution in [0.5, 0.6) is 0 Å². The molecule has 0 aromatic heterocycles. The van der Waals surface area contributed by atoms with Crippen LogP contribution < -0.4 is 0 Å². The van der Waals surface area contributed by atoms with Gasteiger partial charge >= 0.3 is 17.9 Å². The van der Waals surface area contributed by atoms with Crippen LogP contribution in [-0.2, 0) is 28.6 Å². The van der Waals surface area contributed by atoms with Crippen LogP contribution in [0, 0.1) is 0 Å². The van der Waals surface area contributed by atoms with Gasteiger partial charge in [0.25, 0.3) is 0 Å². The first-order valence-corrected chi connectivity index (χ1v) is 29.0. The Balaban J connectivity index is 4.39. The normalized spacial score (nSPS) is 13.0. The first-order valence-electron chi connectivity index (χ1n) is 29.0. The molecule has 0 radical (unpaired) electrons. The summed E-state index contributed by atoms with van der Waals surface area (Å²) in [5.41, 5.74) is 0. The van der Waals surface area contributed by atoms with E-state index in [1.165, 1.54) is 89.9 Å². The fourth-order valence-corrected chi connectivity index (χ4v) is 7.65. The summed E-state index contributed by atoms with van der Waals surface area (Å²) in [6, 6.07) is 0. The van der Waals surface area contributed by atoms with E-state index in [-0.39, 0.29) is 44.0 Å². The lowest BCUT2D eigenvalue weighted by Gasteiger charge is -2.18. The van der Waals surface area contributed by atoms with Crippen LogP contribution in [0.3, 0.4) is 0 Å². The number of hydrogen-bond acceptors (Lipinski definition) is 6. The number of carbonyl (C=O) groups excluding carboxylic acids is 3. The van der Waals surface area contributed by atoms with E-state index in [1.807, 2.05) is 12.2 Å². The highest BCUT2D eigenvalue weighted by Crippen LogP contribution is 2.14. The van der Waals surface area contributed by atoms with Crippen molar-refractivity contribution in [3.05, 3.63) is 122 Å². The Morgan fingerprint density at radius 1 is 0.296 bits per heavy atom. The minimum Gasteiger partial charge on any atom is -0.462 e. The molecule has 1 unspecified atom stereocenters. The minimum atomic E-state index is -0.821. The summed E-state index contributed by atoms with van der Waals surface area (Å²) in [6.45, 7) is 6.31. The standard InChI is InChI=1S/C65H106O6/c1-4-7-10-13-16-19-22-25-27-28-29-30-31-32-33-34-35-36-38-40-43-46-49-52-55-58-64(67)70-61-62(60-69-63(66)57-54-51-48-45-42-39-24-21-18-15-12-9-6-3)71-65(68)59-56-53-50-47-44-41-37-26-23-20-17-14-11-8-5-2/h8-9,11-12,17-18,20-22,25-26,28-29,31-32,37,39,42,48,51,62H,4-7,10,13-16,19,23-24,27,30,33-36,38,40-41,43-47,49-50,52-61H2,1-3H3/b11-8-,12-9-,20-17-,21-18-,25-22-,29-28-,32-31-,37-26-,42-39-,51-48-.